The van der Waals surface area contributed by atoms with Crippen molar-refractivity contribution in [1.29, 1.82) is 0 Å². The van der Waals surface area contributed by atoms with E-state index in [-0.39, 0.29) is 18.0 Å². The van der Waals surface area contributed by atoms with Crippen molar-refractivity contribution in [3.05, 3.63) is 65.5 Å². The molecular formula is C17H20FNO. The van der Waals surface area contributed by atoms with Gasteiger partial charge in [-0.15, -0.1) is 0 Å². The first-order valence-corrected chi connectivity index (χ1v) is 6.84. The average Bonchev–Trinajstić information content (AvgIpc) is 2.44. The van der Waals surface area contributed by atoms with Gasteiger partial charge in [-0.05, 0) is 31.0 Å². The van der Waals surface area contributed by atoms with Crippen molar-refractivity contribution in [3.63, 3.8) is 0 Å². The molecule has 0 bridgehead atoms. The van der Waals surface area contributed by atoms with Crippen molar-refractivity contribution in [2.45, 2.75) is 32.4 Å². The maximum Gasteiger partial charge on any atom is 0.139 e. The molecule has 2 N–H and O–H groups in total. The summed E-state index contributed by atoms with van der Waals surface area (Å²) in [6.45, 7) is 4.04. The molecule has 2 atom stereocenters. The second kappa shape index (κ2) is 6.53. The minimum absolute atomic E-state index is 0.139. The van der Waals surface area contributed by atoms with Gasteiger partial charge in [0.05, 0.1) is 0 Å². The second-order valence-corrected chi connectivity index (χ2v) is 4.98. The maximum atomic E-state index is 13.3. The molecule has 2 unspecified atom stereocenters. The van der Waals surface area contributed by atoms with Gasteiger partial charge in [0.2, 0.25) is 0 Å². The molecule has 0 heterocycles. The third kappa shape index (κ3) is 3.58. The summed E-state index contributed by atoms with van der Waals surface area (Å²) in [4.78, 5) is 0. The van der Waals surface area contributed by atoms with E-state index in [4.69, 9.17) is 10.5 Å². The summed E-state index contributed by atoms with van der Waals surface area (Å²) in [6.07, 6.45) is 0.509. The van der Waals surface area contributed by atoms with E-state index in [1.165, 1.54) is 12.1 Å². The fourth-order valence-corrected chi connectivity index (χ4v) is 2.15. The lowest BCUT2D eigenvalue weighted by molar-refractivity contribution is 0.170. The maximum absolute atomic E-state index is 13.3. The highest BCUT2D eigenvalue weighted by Gasteiger charge is 2.20. The normalized spacial score (nSPS) is 13.8. The van der Waals surface area contributed by atoms with Crippen molar-refractivity contribution in [3.8, 4) is 5.75 Å². The smallest absolute Gasteiger partial charge is 0.139 e. The van der Waals surface area contributed by atoms with E-state index in [2.05, 4.69) is 6.07 Å². The Labute approximate surface area is 119 Å². The molecule has 20 heavy (non-hydrogen) atoms. The second-order valence-electron chi connectivity index (χ2n) is 4.98. The molecule has 0 amide bonds. The van der Waals surface area contributed by atoms with Crippen LogP contribution in [0, 0.1) is 12.7 Å². The fraction of sp³-hybridized carbons (Fsp3) is 0.294. The number of hydrogen-bond acceptors (Lipinski definition) is 2. The number of nitrogens with two attached hydrogens (primary N) is 1. The van der Waals surface area contributed by atoms with Gasteiger partial charge in [0, 0.05) is 12.1 Å². The van der Waals surface area contributed by atoms with E-state index in [0.717, 1.165) is 17.5 Å². The predicted molar refractivity (Wildman–Crippen MR) is 79.2 cm³/mol. The summed E-state index contributed by atoms with van der Waals surface area (Å²) in [5.41, 5.74) is 8.34. The van der Waals surface area contributed by atoms with Crippen LogP contribution in [0.2, 0.25) is 0 Å². The summed E-state index contributed by atoms with van der Waals surface area (Å²) in [7, 11) is 0. The Balaban J connectivity index is 2.29. The molecule has 2 rings (SSSR count). The molecule has 0 aliphatic rings. The van der Waals surface area contributed by atoms with Crippen LogP contribution >= 0.6 is 0 Å². The standard InChI is InChI=1S/C17H20FNO/c1-3-16(19)17(13-7-4-6-12(2)10-13)20-15-9-5-8-14(18)11-15/h4-11,16-17H,3,19H2,1-2H3. The van der Waals surface area contributed by atoms with E-state index in [0.29, 0.717) is 5.75 Å². The molecule has 0 spiro atoms. The molecule has 2 aromatic rings. The van der Waals surface area contributed by atoms with Gasteiger partial charge >= 0.3 is 0 Å². The highest BCUT2D eigenvalue weighted by molar-refractivity contribution is 5.28. The van der Waals surface area contributed by atoms with Crippen LogP contribution in [0.15, 0.2) is 48.5 Å². The third-order valence-corrected chi connectivity index (χ3v) is 3.29. The molecule has 0 aliphatic carbocycles. The van der Waals surface area contributed by atoms with Crippen molar-refractivity contribution in [2.75, 3.05) is 0 Å². The van der Waals surface area contributed by atoms with Crippen LogP contribution in [-0.2, 0) is 0 Å². The predicted octanol–water partition coefficient (Wildman–Crippen LogP) is 3.99. The first-order valence-electron chi connectivity index (χ1n) is 6.84. The van der Waals surface area contributed by atoms with Gasteiger partial charge in [0.1, 0.15) is 17.7 Å². The summed E-state index contributed by atoms with van der Waals surface area (Å²) < 4.78 is 19.2. The molecule has 0 aromatic heterocycles. The fourth-order valence-electron chi connectivity index (χ4n) is 2.15. The van der Waals surface area contributed by atoms with Crippen molar-refractivity contribution in [1.82, 2.24) is 0 Å². The van der Waals surface area contributed by atoms with Crippen molar-refractivity contribution >= 4 is 0 Å². The Hall–Kier alpha value is -1.87. The SMILES string of the molecule is CCC(N)C(Oc1cccc(F)c1)c1cccc(C)c1. The van der Waals surface area contributed by atoms with Gasteiger partial charge in [0.25, 0.3) is 0 Å². The van der Waals surface area contributed by atoms with Gasteiger partial charge in [-0.3, -0.25) is 0 Å². The average molecular weight is 273 g/mol. The quantitative estimate of drug-likeness (QED) is 0.894. The number of rotatable bonds is 5. The van der Waals surface area contributed by atoms with Crippen LogP contribution < -0.4 is 10.5 Å². The van der Waals surface area contributed by atoms with E-state index < -0.39 is 0 Å². The van der Waals surface area contributed by atoms with Gasteiger partial charge < -0.3 is 10.5 Å². The van der Waals surface area contributed by atoms with Crippen LogP contribution in [0.4, 0.5) is 4.39 Å². The van der Waals surface area contributed by atoms with Crippen LogP contribution in [0.3, 0.4) is 0 Å². The van der Waals surface area contributed by atoms with Crippen molar-refractivity contribution in [2.24, 2.45) is 5.73 Å². The summed E-state index contributed by atoms with van der Waals surface area (Å²) in [6, 6.07) is 14.1. The van der Waals surface area contributed by atoms with Gasteiger partial charge in [-0.1, -0.05) is 42.8 Å². The molecular weight excluding hydrogens is 253 g/mol. The zero-order valence-electron chi connectivity index (χ0n) is 11.8. The number of benzene rings is 2. The first kappa shape index (κ1) is 14.5. The Morgan fingerprint density at radius 1 is 1.15 bits per heavy atom. The summed E-state index contributed by atoms with van der Waals surface area (Å²) >= 11 is 0. The highest BCUT2D eigenvalue weighted by atomic mass is 19.1. The molecule has 2 aromatic carbocycles. The van der Waals surface area contributed by atoms with E-state index in [9.17, 15) is 4.39 Å². The molecule has 0 radical (unpaired) electrons. The molecule has 0 saturated carbocycles. The van der Waals surface area contributed by atoms with Crippen LogP contribution in [0.1, 0.15) is 30.6 Å². The van der Waals surface area contributed by atoms with Crippen LogP contribution in [0.5, 0.6) is 5.75 Å². The van der Waals surface area contributed by atoms with Crippen LogP contribution in [0.25, 0.3) is 0 Å². The van der Waals surface area contributed by atoms with Gasteiger partial charge in [0.15, 0.2) is 0 Å². The van der Waals surface area contributed by atoms with Crippen molar-refractivity contribution < 1.29 is 9.13 Å². The lowest BCUT2D eigenvalue weighted by Crippen LogP contribution is -2.31. The molecule has 0 aliphatic heterocycles. The Morgan fingerprint density at radius 2 is 1.90 bits per heavy atom. The summed E-state index contributed by atoms with van der Waals surface area (Å²) in [5, 5.41) is 0. The summed E-state index contributed by atoms with van der Waals surface area (Å²) in [5.74, 6) is 0.191. The lowest BCUT2D eigenvalue weighted by Gasteiger charge is -2.25. The Bertz CT molecular complexity index is 570. The molecule has 106 valence electrons. The van der Waals surface area contributed by atoms with Gasteiger partial charge in [-0.2, -0.15) is 0 Å². The molecule has 0 fully saturated rings. The molecule has 2 nitrogen and oxygen atoms in total. The molecule has 3 heteroatoms. The minimum atomic E-state index is -0.310. The molecule has 0 saturated heterocycles. The topological polar surface area (TPSA) is 35.2 Å². The zero-order chi connectivity index (χ0) is 14.5. The number of aryl methyl sites for hydroxylation is 1. The minimum Gasteiger partial charge on any atom is -0.484 e. The lowest BCUT2D eigenvalue weighted by atomic mass is 9.99. The van der Waals surface area contributed by atoms with E-state index in [1.54, 1.807) is 12.1 Å². The van der Waals surface area contributed by atoms with E-state index in [1.807, 2.05) is 32.0 Å². The van der Waals surface area contributed by atoms with Gasteiger partial charge in [-0.25, -0.2) is 4.39 Å². The van der Waals surface area contributed by atoms with E-state index >= 15 is 0 Å². The Morgan fingerprint density at radius 3 is 2.55 bits per heavy atom. The largest absolute Gasteiger partial charge is 0.484 e. The Kier molecular flexibility index (Phi) is 4.74. The highest BCUT2D eigenvalue weighted by Crippen LogP contribution is 2.26. The number of halogens is 1. The first-order chi connectivity index (χ1) is 9.60. The number of hydrogen-bond donors (Lipinski definition) is 1. The van der Waals surface area contributed by atoms with Crippen LogP contribution in [-0.4, -0.2) is 6.04 Å². The third-order valence-electron chi connectivity index (χ3n) is 3.29. The monoisotopic (exact) mass is 273 g/mol. The number of ether oxygens (including phenoxy) is 1. The zero-order valence-corrected chi connectivity index (χ0v) is 11.8.